The largest absolute Gasteiger partial charge is 0.497 e. The Morgan fingerprint density at radius 1 is 1.11 bits per heavy atom. The highest BCUT2D eigenvalue weighted by Gasteiger charge is 2.15. The Bertz CT molecular complexity index is 1260. The Balaban J connectivity index is 1.92. The van der Waals surface area contributed by atoms with E-state index >= 15 is 0 Å². The van der Waals surface area contributed by atoms with E-state index in [1.165, 1.54) is 18.0 Å². The first-order valence-electron chi connectivity index (χ1n) is 8.40. The zero-order valence-electron chi connectivity index (χ0n) is 14.9. The first-order valence-corrected chi connectivity index (χ1v) is 9.21. The van der Waals surface area contributed by atoms with E-state index in [0.717, 1.165) is 0 Å². The number of rotatable bonds is 4. The summed E-state index contributed by atoms with van der Waals surface area (Å²) >= 11 is 1.26. The Labute approximate surface area is 165 Å². The van der Waals surface area contributed by atoms with Gasteiger partial charge < -0.3 is 4.74 Å². The zero-order chi connectivity index (χ0) is 19.5. The topological polar surface area (TPSA) is 80.8 Å². The molecule has 0 spiro atoms. The number of fused-ring (bicyclic) bond motifs is 1. The van der Waals surface area contributed by atoms with E-state index in [1.54, 1.807) is 35.9 Å². The predicted molar refractivity (Wildman–Crippen MR) is 107 cm³/mol. The second-order valence-electron chi connectivity index (χ2n) is 5.85. The summed E-state index contributed by atoms with van der Waals surface area (Å²) in [6.07, 6.45) is 1.50. The third-order valence-electron chi connectivity index (χ3n) is 4.12. The fourth-order valence-corrected chi connectivity index (χ4v) is 3.61. The standard InChI is InChI=1S/C21H14N4O2S/c1-27-16-6-4-5-15(11-16)25-20(26)17-7-2-3-8-18(17)24-21(25)28-19-10-9-14(12-22)13-23-19/h2-11,13H,1H3. The van der Waals surface area contributed by atoms with Crippen LogP contribution in [0, 0.1) is 11.3 Å². The molecule has 0 radical (unpaired) electrons. The molecule has 2 aromatic heterocycles. The zero-order valence-corrected chi connectivity index (χ0v) is 15.7. The van der Waals surface area contributed by atoms with Crippen molar-refractivity contribution in [3.8, 4) is 17.5 Å². The average molecular weight is 386 g/mol. The SMILES string of the molecule is COc1cccc(-n2c(Sc3ccc(C#N)cn3)nc3ccccc3c2=O)c1. The number of hydrogen-bond donors (Lipinski definition) is 0. The fraction of sp³-hybridized carbons (Fsp3) is 0.0476. The number of aromatic nitrogens is 3. The number of benzene rings is 2. The van der Waals surface area contributed by atoms with Crippen LogP contribution in [0.2, 0.25) is 0 Å². The van der Waals surface area contributed by atoms with Gasteiger partial charge in [-0.15, -0.1) is 0 Å². The highest BCUT2D eigenvalue weighted by Crippen LogP contribution is 2.28. The maximum atomic E-state index is 13.2. The van der Waals surface area contributed by atoms with Crippen LogP contribution in [0.15, 0.2) is 81.8 Å². The van der Waals surface area contributed by atoms with Gasteiger partial charge >= 0.3 is 0 Å². The van der Waals surface area contributed by atoms with E-state index in [2.05, 4.69) is 9.97 Å². The Hall–Kier alpha value is -3.63. The highest BCUT2D eigenvalue weighted by atomic mass is 32.2. The van der Waals surface area contributed by atoms with E-state index in [4.69, 9.17) is 10.00 Å². The van der Waals surface area contributed by atoms with E-state index < -0.39 is 0 Å². The molecule has 0 fully saturated rings. The van der Waals surface area contributed by atoms with Crippen LogP contribution in [0.1, 0.15) is 5.56 Å². The van der Waals surface area contributed by atoms with Crippen LogP contribution < -0.4 is 10.3 Å². The van der Waals surface area contributed by atoms with Gasteiger partial charge in [0.25, 0.3) is 5.56 Å². The summed E-state index contributed by atoms with van der Waals surface area (Å²) in [6, 6.07) is 20.0. The van der Waals surface area contributed by atoms with Gasteiger partial charge in [0.05, 0.1) is 29.3 Å². The molecule has 0 aliphatic heterocycles. The average Bonchev–Trinajstić information content (AvgIpc) is 2.74. The molecule has 0 aliphatic carbocycles. The van der Waals surface area contributed by atoms with Gasteiger partial charge in [0.1, 0.15) is 16.8 Å². The first-order chi connectivity index (χ1) is 13.7. The van der Waals surface area contributed by atoms with Crippen molar-refractivity contribution in [3.63, 3.8) is 0 Å². The van der Waals surface area contributed by atoms with Crippen molar-refractivity contribution >= 4 is 22.7 Å². The van der Waals surface area contributed by atoms with Crippen LogP contribution in [0.4, 0.5) is 0 Å². The van der Waals surface area contributed by atoms with E-state index in [9.17, 15) is 4.79 Å². The van der Waals surface area contributed by atoms with Gasteiger partial charge in [-0.05, 0) is 48.2 Å². The Morgan fingerprint density at radius 3 is 2.71 bits per heavy atom. The van der Waals surface area contributed by atoms with Gasteiger partial charge in [0.15, 0.2) is 5.16 Å². The molecule has 0 unspecified atom stereocenters. The molecule has 4 rings (SSSR count). The lowest BCUT2D eigenvalue weighted by Crippen LogP contribution is -2.21. The van der Waals surface area contributed by atoms with E-state index in [-0.39, 0.29) is 5.56 Å². The number of ether oxygens (including phenoxy) is 1. The summed E-state index contributed by atoms with van der Waals surface area (Å²) in [7, 11) is 1.58. The van der Waals surface area contributed by atoms with Gasteiger partial charge in [-0.25, -0.2) is 9.97 Å². The summed E-state index contributed by atoms with van der Waals surface area (Å²) in [4.78, 5) is 22.2. The minimum atomic E-state index is -0.171. The molecule has 0 aliphatic rings. The smallest absolute Gasteiger partial charge is 0.266 e. The number of methoxy groups -OCH3 is 1. The molecule has 7 heteroatoms. The van der Waals surface area contributed by atoms with Crippen molar-refractivity contribution in [2.45, 2.75) is 10.2 Å². The monoisotopic (exact) mass is 386 g/mol. The maximum absolute atomic E-state index is 13.2. The normalized spacial score (nSPS) is 10.6. The molecular weight excluding hydrogens is 372 g/mol. The number of pyridine rings is 1. The number of para-hydroxylation sites is 1. The van der Waals surface area contributed by atoms with Crippen LogP contribution in [0.25, 0.3) is 16.6 Å². The molecule has 28 heavy (non-hydrogen) atoms. The second kappa shape index (κ2) is 7.55. The van der Waals surface area contributed by atoms with Crippen molar-refractivity contribution in [1.82, 2.24) is 14.5 Å². The molecule has 6 nitrogen and oxygen atoms in total. The first kappa shape index (κ1) is 17.8. The van der Waals surface area contributed by atoms with Crippen LogP contribution in [0.5, 0.6) is 5.75 Å². The van der Waals surface area contributed by atoms with Crippen molar-refractivity contribution in [1.29, 1.82) is 5.26 Å². The van der Waals surface area contributed by atoms with Crippen LogP contribution in [-0.2, 0) is 0 Å². The van der Waals surface area contributed by atoms with Gasteiger partial charge in [0.2, 0.25) is 0 Å². The minimum absolute atomic E-state index is 0.171. The summed E-state index contributed by atoms with van der Waals surface area (Å²) in [6.45, 7) is 0. The van der Waals surface area contributed by atoms with Crippen molar-refractivity contribution in [3.05, 3.63) is 82.8 Å². The molecule has 2 heterocycles. The summed E-state index contributed by atoms with van der Waals surface area (Å²) in [5, 5.41) is 10.6. The van der Waals surface area contributed by atoms with Gasteiger partial charge in [-0.3, -0.25) is 9.36 Å². The molecule has 0 atom stereocenters. The van der Waals surface area contributed by atoms with Crippen LogP contribution in [-0.4, -0.2) is 21.6 Å². The third kappa shape index (κ3) is 3.33. The Kier molecular flexibility index (Phi) is 4.79. The minimum Gasteiger partial charge on any atom is -0.497 e. The second-order valence-corrected chi connectivity index (χ2v) is 6.84. The van der Waals surface area contributed by atoms with Crippen molar-refractivity contribution in [2.75, 3.05) is 7.11 Å². The lowest BCUT2D eigenvalue weighted by molar-refractivity contribution is 0.414. The van der Waals surface area contributed by atoms with Gasteiger partial charge in [-0.1, -0.05) is 18.2 Å². The molecule has 0 saturated carbocycles. The summed E-state index contributed by atoms with van der Waals surface area (Å²) in [5.74, 6) is 0.644. The highest BCUT2D eigenvalue weighted by molar-refractivity contribution is 7.99. The van der Waals surface area contributed by atoms with Crippen molar-refractivity contribution < 1.29 is 4.74 Å². The van der Waals surface area contributed by atoms with Crippen LogP contribution >= 0.6 is 11.8 Å². The molecule has 0 N–H and O–H groups in total. The lowest BCUT2D eigenvalue weighted by atomic mass is 10.2. The molecule has 4 aromatic rings. The molecule has 0 saturated heterocycles. The van der Waals surface area contributed by atoms with Crippen molar-refractivity contribution in [2.24, 2.45) is 0 Å². The van der Waals surface area contributed by atoms with Gasteiger partial charge in [-0.2, -0.15) is 5.26 Å². The number of hydrogen-bond acceptors (Lipinski definition) is 6. The lowest BCUT2D eigenvalue weighted by Gasteiger charge is -2.13. The predicted octanol–water partition coefficient (Wildman–Crippen LogP) is 3.81. The van der Waals surface area contributed by atoms with E-state index in [0.29, 0.717) is 38.1 Å². The number of nitriles is 1. The van der Waals surface area contributed by atoms with Crippen LogP contribution in [0.3, 0.4) is 0 Å². The molecule has 2 aromatic carbocycles. The number of nitrogens with zero attached hydrogens (tertiary/aromatic N) is 4. The fourth-order valence-electron chi connectivity index (χ4n) is 2.76. The van der Waals surface area contributed by atoms with Gasteiger partial charge in [0, 0.05) is 12.3 Å². The maximum Gasteiger partial charge on any atom is 0.266 e. The third-order valence-corrected chi connectivity index (χ3v) is 5.02. The molecule has 0 bridgehead atoms. The van der Waals surface area contributed by atoms with E-state index in [1.807, 2.05) is 42.5 Å². The summed E-state index contributed by atoms with van der Waals surface area (Å²) in [5.41, 5.74) is 1.57. The molecular formula is C21H14N4O2S. The quantitative estimate of drug-likeness (QED) is 0.496. The molecule has 0 amide bonds. The Morgan fingerprint density at radius 2 is 1.96 bits per heavy atom. The molecule has 136 valence electrons. The summed E-state index contributed by atoms with van der Waals surface area (Å²) < 4.78 is 6.85.